The molecule has 22 heavy (non-hydrogen) atoms. The molecule has 0 saturated heterocycles. The first-order valence-corrected chi connectivity index (χ1v) is 8.23. The monoisotopic (exact) mass is 294 g/mol. The third-order valence-corrected chi connectivity index (χ3v) is 5.35. The number of hydrogen-bond acceptors (Lipinski definition) is 2. The van der Waals surface area contributed by atoms with E-state index >= 15 is 0 Å². The summed E-state index contributed by atoms with van der Waals surface area (Å²) in [6.45, 7) is 0. The van der Waals surface area contributed by atoms with E-state index in [4.69, 9.17) is 0 Å². The third-order valence-electron chi connectivity index (χ3n) is 5.35. The first-order valence-electron chi connectivity index (χ1n) is 8.23. The molecule has 4 rings (SSSR count). The van der Waals surface area contributed by atoms with Crippen molar-refractivity contribution in [3.05, 3.63) is 71.8 Å². The zero-order valence-electron chi connectivity index (χ0n) is 12.7. The summed E-state index contributed by atoms with van der Waals surface area (Å²) in [6, 6.07) is 19.5. The molecule has 0 amide bonds. The summed E-state index contributed by atoms with van der Waals surface area (Å²) in [6.07, 6.45) is 3.92. The van der Waals surface area contributed by atoms with Gasteiger partial charge in [0.05, 0.1) is 0 Å². The molecule has 2 nitrogen and oxygen atoms in total. The molecule has 0 radical (unpaired) electrons. The molecule has 0 aliphatic heterocycles. The number of rotatable bonds is 5. The Hall–Kier alpha value is -1.64. The molecule has 2 aromatic rings. The maximum atomic E-state index is 11.8. The van der Waals surface area contributed by atoms with E-state index in [-0.39, 0.29) is 11.8 Å². The van der Waals surface area contributed by atoms with Crippen molar-refractivity contribution >= 4 is 0 Å². The van der Waals surface area contributed by atoms with Crippen LogP contribution >= 0.6 is 0 Å². The second-order valence-electron chi connectivity index (χ2n) is 6.81. The average molecular weight is 294 g/mol. The third kappa shape index (κ3) is 1.94. The van der Waals surface area contributed by atoms with E-state index < -0.39 is 11.2 Å². The summed E-state index contributed by atoms with van der Waals surface area (Å²) in [5.41, 5.74) is -0.709. The van der Waals surface area contributed by atoms with Crippen molar-refractivity contribution in [3.63, 3.8) is 0 Å². The van der Waals surface area contributed by atoms with Crippen LogP contribution in [-0.2, 0) is 11.2 Å². The van der Waals surface area contributed by atoms with Crippen LogP contribution in [0.25, 0.3) is 0 Å². The topological polar surface area (TPSA) is 40.5 Å². The van der Waals surface area contributed by atoms with Crippen LogP contribution < -0.4 is 0 Å². The fourth-order valence-electron chi connectivity index (χ4n) is 3.92. The fourth-order valence-corrected chi connectivity index (χ4v) is 3.92. The summed E-state index contributed by atoms with van der Waals surface area (Å²) in [5, 5.41) is 23.5. The first-order chi connectivity index (χ1) is 10.7. The summed E-state index contributed by atoms with van der Waals surface area (Å²) in [7, 11) is 0. The molecule has 0 spiro atoms. The van der Waals surface area contributed by atoms with Crippen molar-refractivity contribution in [2.75, 3.05) is 0 Å². The Labute approximate surface area is 131 Å². The maximum absolute atomic E-state index is 11.8. The molecule has 2 saturated carbocycles. The predicted molar refractivity (Wildman–Crippen MR) is 86.1 cm³/mol. The SMILES string of the molecule is O[C@@](c1ccccc1)(C1CC1)[C@](O)(c1ccccc1)C1CC1. The van der Waals surface area contributed by atoms with Crippen molar-refractivity contribution < 1.29 is 10.2 Å². The molecule has 2 aliphatic carbocycles. The highest BCUT2D eigenvalue weighted by molar-refractivity contribution is 5.38. The van der Waals surface area contributed by atoms with E-state index in [1.807, 2.05) is 60.7 Å². The lowest BCUT2D eigenvalue weighted by molar-refractivity contribution is -0.191. The van der Waals surface area contributed by atoms with Crippen LogP contribution in [0.2, 0.25) is 0 Å². The number of hydrogen-bond donors (Lipinski definition) is 2. The van der Waals surface area contributed by atoms with Crippen molar-refractivity contribution in [2.24, 2.45) is 11.8 Å². The summed E-state index contributed by atoms with van der Waals surface area (Å²) in [5.74, 6) is 0.279. The zero-order valence-corrected chi connectivity index (χ0v) is 12.7. The predicted octanol–water partition coefficient (Wildman–Crippen LogP) is 3.58. The maximum Gasteiger partial charge on any atom is 0.125 e. The smallest absolute Gasteiger partial charge is 0.125 e. The molecule has 2 aromatic carbocycles. The number of benzene rings is 2. The summed E-state index contributed by atoms with van der Waals surface area (Å²) in [4.78, 5) is 0. The van der Waals surface area contributed by atoms with Gasteiger partial charge < -0.3 is 10.2 Å². The molecule has 114 valence electrons. The quantitative estimate of drug-likeness (QED) is 0.885. The molecule has 2 N–H and O–H groups in total. The second-order valence-corrected chi connectivity index (χ2v) is 6.81. The Morgan fingerprint density at radius 1 is 0.591 bits per heavy atom. The Morgan fingerprint density at radius 2 is 0.909 bits per heavy atom. The minimum Gasteiger partial charge on any atom is -0.381 e. The molecule has 0 aromatic heterocycles. The second kappa shape index (κ2) is 4.94. The molecule has 0 unspecified atom stereocenters. The Kier molecular flexibility index (Phi) is 3.14. The van der Waals surface area contributed by atoms with Gasteiger partial charge in [0.1, 0.15) is 11.2 Å². The Morgan fingerprint density at radius 3 is 1.18 bits per heavy atom. The zero-order chi connectivity index (χ0) is 15.2. The van der Waals surface area contributed by atoms with Gasteiger partial charge in [0, 0.05) is 0 Å². The van der Waals surface area contributed by atoms with Crippen molar-refractivity contribution in [1.29, 1.82) is 0 Å². The van der Waals surface area contributed by atoms with Gasteiger partial charge in [0.2, 0.25) is 0 Å². The molecule has 2 heteroatoms. The largest absolute Gasteiger partial charge is 0.381 e. The standard InChI is InChI=1S/C20H22O2/c21-19(17-11-12-17,15-7-3-1-4-8-15)20(22,18-13-14-18)16-9-5-2-6-10-16/h1-10,17-18,21-22H,11-14H2/t19-,20-/m0/s1. The highest BCUT2D eigenvalue weighted by Crippen LogP contribution is 2.62. The normalized spacial score (nSPS) is 23.5. The first kappa shape index (κ1) is 14.0. The van der Waals surface area contributed by atoms with Gasteiger partial charge in [-0.1, -0.05) is 60.7 Å². The molecule has 0 bridgehead atoms. The van der Waals surface area contributed by atoms with E-state index in [0.717, 1.165) is 36.8 Å². The van der Waals surface area contributed by atoms with Crippen LogP contribution in [0.1, 0.15) is 36.8 Å². The highest BCUT2D eigenvalue weighted by atomic mass is 16.4. The minimum atomic E-state index is -1.20. The van der Waals surface area contributed by atoms with Crippen LogP contribution in [0.5, 0.6) is 0 Å². The van der Waals surface area contributed by atoms with E-state index in [1.165, 1.54) is 0 Å². The molecular formula is C20H22O2. The summed E-state index contributed by atoms with van der Waals surface area (Å²) < 4.78 is 0. The molecule has 0 heterocycles. The van der Waals surface area contributed by atoms with Crippen molar-refractivity contribution in [2.45, 2.75) is 36.9 Å². The van der Waals surface area contributed by atoms with Gasteiger partial charge in [-0.2, -0.15) is 0 Å². The minimum absolute atomic E-state index is 0.140. The molecule has 2 atom stereocenters. The van der Waals surface area contributed by atoms with Gasteiger partial charge in [-0.15, -0.1) is 0 Å². The summed E-state index contributed by atoms with van der Waals surface area (Å²) >= 11 is 0. The van der Waals surface area contributed by atoms with E-state index in [0.29, 0.717) is 0 Å². The lowest BCUT2D eigenvalue weighted by Gasteiger charge is -2.45. The van der Waals surface area contributed by atoms with Crippen molar-refractivity contribution in [1.82, 2.24) is 0 Å². The van der Waals surface area contributed by atoms with Crippen molar-refractivity contribution in [3.8, 4) is 0 Å². The van der Waals surface area contributed by atoms with Crippen LogP contribution in [0.15, 0.2) is 60.7 Å². The number of aliphatic hydroxyl groups is 2. The van der Waals surface area contributed by atoms with Crippen LogP contribution in [0.4, 0.5) is 0 Å². The lowest BCUT2D eigenvalue weighted by Crippen LogP contribution is -2.52. The average Bonchev–Trinajstić information content (AvgIpc) is 3.46. The van der Waals surface area contributed by atoms with Gasteiger partial charge in [-0.3, -0.25) is 0 Å². The van der Waals surface area contributed by atoms with Gasteiger partial charge in [-0.25, -0.2) is 0 Å². The fraction of sp³-hybridized carbons (Fsp3) is 0.400. The molecular weight excluding hydrogens is 272 g/mol. The van der Waals surface area contributed by atoms with E-state index in [1.54, 1.807) is 0 Å². The van der Waals surface area contributed by atoms with Crippen LogP contribution in [0.3, 0.4) is 0 Å². The Balaban J connectivity index is 1.90. The molecule has 2 aliphatic rings. The van der Waals surface area contributed by atoms with Crippen LogP contribution in [-0.4, -0.2) is 10.2 Å². The Bertz CT molecular complexity index is 586. The van der Waals surface area contributed by atoms with Gasteiger partial charge in [-0.05, 0) is 48.6 Å². The van der Waals surface area contributed by atoms with Crippen LogP contribution in [0, 0.1) is 11.8 Å². The lowest BCUT2D eigenvalue weighted by atomic mass is 9.68. The van der Waals surface area contributed by atoms with Gasteiger partial charge in [0.15, 0.2) is 0 Å². The van der Waals surface area contributed by atoms with E-state index in [2.05, 4.69) is 0 Å². The van der Waals surface area contributed by atoms with Gasteiger partial charge in [0.25, 0.3) is 0 Å². The highest BCUT2D eigenvalue weighted by Gasteiger charge is 2.64. The van der Waals surface area contributed by atoms with Gasteiger partial charge >= 0.3 is 0 Å². The molecule has 2 fully saturated rings. The van der Waals surface area contributed by atoms with E-state index in [9.17, 15) is 10.2 Å².